The van der Waals surface area contributed by atoms with Gasteiger partial charge < -0.3 is 5.11 Å². The van der Waals surface area contributed by atoms with Crippen LogP contribution < -0.4 is 0 Å². The van der Waals surface area contributed by atoms with Gasteiger partial charge in [-0.1, -0.05) is 6.07 Å². The summed E-state index contributed by atoms with van der Waals surface area (Å²) in [5.74, 6) is -10.7. The molecule has 22 heavy (non-hydrogen) atoms. The molecule has 0 aliphatic heterocycles. The summed E-state index contributed by atoms with van der Waals surface area (Å²) in [5, 5.41) is 9.81. The van der Waals surface area contributed by atoms with E-state index in [0.29, 0.717) is 5.56 Å². The molecule has 0 amide bonds. The van der Waals surface area contributed by atoms with Crippen LogP contribution >= 0.6 is 0 Å². The molecule has 0 radical (unpaired) electrons. The number of aromatic hydroxyl groups is 1. The van der Waals surface area contributed by atoms with Crippen molar-refractivity contribution in [2.45, 2.75) is 13.8 Å². The minimum Gasteiger partial charge on any atom is -0.507 e. The zero-order chi connectivity index (χ0) is 16.6. The lowest BCUT2D eigenvalue weighted by Crippen LogP contribution is -2.01. The zero-order valence-corrected chi connectivity index (χ0v) is 11.5. The van der Waals surface area contributed by atoms with E-state index in [9.17, 15) is 27.1 Å². The van der Waals surface area contributed by atoms with Crippen LogP contribution in [0, 0.1) is 42.9 Å². The maximum atomic E-state index is 13.5. The number of benzene rings is 2. The second-order valence-corrected chi connectivity index (χ2v) is 4.70. The fourth-order valence-electron chi connectivity index (χ4n) is 1.93. The molecule has 0 atom stereocenters. The molecule has 0 fully saturated rings. The molecule has 0 unspecified atom stereocenters. The van der Waals surface area contributed by atoms with Gasteiger partial charge in [-0.15, -0.1) is 0 Å². The van der Waals surface area contributed by atoms with Gasteiger partial charge in [-0.25, -0.2) is 26.9 Å². The molecule has 1 N–H and O–H groups in total. The Kier molecular flexibility index (Phi) is 4.16. The Labute approximate surface area is 122 Å². The van der Waals surface area contributed by atoms with Crippen molar-refractivity contribution in [1.29, 1.82) is 0 Å². The lowest BCUT2D eigenvalue weighted by molar-refractivity contribution is 0.381. The van der Waals surface area contributed by atoms with Crippen molar-refractivity contribution >= 4 is 11.9 Å². The SMILES string of the molecule is Cc1cc(C)c(O)c(/C=N/c2c(F)c(F)c(F)c(F)c2F)c1. The zero-order valence-electron chi connectivity index (χ0n) is 11.5. The van der Waals surface area contributed by atoms with Crippen molar-refractivity contribution in [1.82, 2.24) is 0 Å². The van der Waals surface area contributed by atoms with E-state index in [2.05, 4.69) is 4.99 Å². The number of rotatable bonds is 2. The topological polar surface area (TPSA) is 32.6 Å². The summed E-state index contributed by atoms with van der Waals surface area (Å²) in [4.78, 5) is 3.30. The van der Waals surface area contributed by atoms with Gasteiger partial charge in [0.2, 0.25) is 5.82 Å². The van der Waals surface area contributed by atoms with Gasteiger partial charge in [0, 0.05) is 11.8 Å². The summed E-state index contributed by atoms with van der Waals surface area (Å²) in [7, 11) is 0. The van der Waals surface area contributed by atoms with E-state index in [1.165, 1.54) is 6.07 Å². The lowest BCUT2D eigenvalue weighted by atomic mass is 10.1. The van der Waals surface area contributed by atoms with Gasteiger partial charge >= 0.3 is 0 Å². The first kappa shape index (κ1) is 15.9. The maximum Gasteiger partial charge on any atom is 0.200 e. The third-order valence-electron chi connectivity index (χ3n) is 2.99. The van der Waals surface area contributed by atoms with E-state index < -0.39 is 34.8 Å². The molecule has 0 heterocycles. The highest BCUT2D eigenvalue weighted by Crippen LogP contribution is 2.30. The molecule has 0 bridgehead atoms. The summed E-state index contributed by atoms with van der Waals surface area (Å²) in [5.41, 5.74) is 0.00410. The van der Waals surface area contributed by atoms with E-state index in [0.717, 1.165) is 11.8 Å². The quantitative estimate of drug-likeness (QED) is 0.377. The van der Waals surface area contributed by atoms with E-state index in [1.807, 2.05) is 0 Å². The standard InChI is InChI=1S/C15H10F5NO/c1-6-3-7(2)15(22)8(4-6)5-21-14-12(19)10(17)9(16)11(18)13(14)20/h3-5,22H,1-2H3/b21-5+. The average Bonchev–Trinajstić information content (AvgIpc) is 2.47. The predicted octanol–water partition coefficient (Wildman–Crippen LogP) is 4.46. The molecular formula is C15H10F5NO. The highest BCUT2D eigenvalue weighted by Gasteiger charge is 2.25. The smallest absolute Gasteiger partial charge is 0.200 e. The van der Waals surface area contributed by atoms with Gasteiger partial charge in [-0.2, -0.15) is 0 Å². The lowest BCUT2D eigenvalue weighted by Gasteiger charge is -2.06. The normalized spacial score (nSPS) is 11.4. The molecule has 2 aromatic carbocycles. The number of aliphatic imine (C=N–C) groups is 1. The summed E-state index contributed by atoms with van der Waals surface area (Å²) in [6.07, 6.45) is 0.841. The van der Waals surface area contributed by atoms with Crippen LogP contribution in [0.1, 0.15) is 16.7 Å². The molecular weight excluding hydrogens is 305 g/mol. The first-order valence-electron chi connectivity index (χ1n) is 6.09. The summed E-state index contributed by atoms with van der Waals surface area (Å²) in [6.45, 7) is 3.31. The third kappa shape index (κ3) is 2.66. The van der Waals surface area contributed by atoms with Crippen LogP contribution in [-0.2, 0) is 0 Å². The minimum absolute atomic E-state index is 0.0986. The van der Waals surface area contributed by atoms with E-state index in [1.54, 1.807) is 19.9 Å². The van der Waals surface area contributed by atoms with Gasteiger partial charge in [0.25, 0.3) is 0 Å². The first-order chi connectivity index (χ1) is 10.2. The van der Waals surface area contributed by atoms with Crippen molar-refractivity contribution in [2.75, 3.05) is 0 Å². The largest absolute Gasteiger partial charge is 0.507 e. The third-order valence-corrected chi connectivity index (χ3v) is 2.99. The van der Waals surface area contributed by atoms with E-state index in [-0.39, 0.29) is 11.3 Å². The number of nitrogens with zero attached hydrogens (tertiary/aromatic N) is 1. The Bertz CT molecular complexity index is 757. The van der Waals surface area contributed by atoms with Crippen LogP contribution in [0.15, 0.2) is 17.1 Å². The van der Waals surface area contributed by atoms with Gasteiger partial charge in [0.15, 0.2) is 23.3 Å². The molecule has 0 saturated carbocycles. The molecule has 0 spiro atoms. The first-order valence-corrected chi connectivity index (χ1v) is 6.09. The summed E-state index contributed by atoms with van der Waals surface area (Å²) < 4.78 is 65.9. The Morgan fingerprint density at radius 1 is 0.864 bits per heavy atom. The van der Waals surface area contributed by atoms with Gasteiger partial charge in [0.1, 0.15) is 11.4 Å². The molecule has 0 saturated heterocycles. The highest BCUT2D eigenvalue weighted by atomic mass is 19.2. The predicted molar refractivity (Wildman–Crippen MR) is 71.1 cm³/mol. The Morgan fingerprint density at radius 3 is 1.91 bits per heavy atom. The number of hydrogen-bond donors (Lipinski definition) is 1. The molecule has 2 nitrogen and oxygen atoms in total. The second kappa shape index (κ2) is 5.75. The monoisotopic (exact) mass is 315 g/mol. The van der Waals surface area contributed by atoms with Crippen molar-refractivity contribution in [3.63, 3.8) is 0 Å². The Balaban J connectivity index is 2.57. The van der Waals surface area contributed by atoms with Crippen molar-refractivity contribution in [3.8, 4) is 5.75 Å². The molecule has 0 aliphatic carbocycles. The van der Waals surface area contributed by atoms with E-state index in [4.69, 9.17) is 0 Å². The number of halogens is 5. The van der Waals surface area contributed by atoms with Crippen molar-refractivity contribution < 1.29 is 27.1 Å². The van der Waals surface area contributed by atoms with Crippen LogP contribution in [0.25, 0.3) is 0 Å². The van der Waals surface area contributed by atoms with Crippen LogP contribution in [0.3, 0.4) is 0 Å². The van der Waals surface area contributed by atoms with E-state index >= 15 is 0 Å². The molecule has 2 aromatic rings. The number of phenols is 1. The van der Waals surface area contributed by atoms with Crippen LogP contribution in [0.5, 0.6) is 5.75 Å². The average molecular weight is 315 g/mol. The van der Waals surface area contributed by atoms with Gasteiger partial charge in [-0.05, 0) is 31.0 Å². The van der Waals surface area contributed by atoms with Crippen molar-refractivity contribution in [2.24, 2.45) is 4.99 Å². The van der Waals surface area contributed by atoms with Crippen LogP contribution in [-0.4, -0.2) is 11.3 Å². The van der Waals surface area contributed by atoms with Crippen molar-refractivity contribution in [3.05, 3.63) is 57.9 Å². The maximum absolute atomic E-state index is 13.5. The molecule has 116 valence electrons. The summed E-state index contributed by atoms with van der Waals surface area (Å²) in [6, 6.07) is 3.11. The number of aryl methyl sites for hydroxylation is 2. The van der Waals surface area contributed by atoms with Gasteiger partial charge in [0.05, 0.1) is 0 Å². The second-order valence-electron chi connectivity index (χ2n) is 4.70. The van der Waals surface area contributed by atoms with Crippen LogP contribution in [0.4, 0.5) is 27.6 Å². The Morgan fingerprint density at radius 2 is 1.36 bits per heavy atom. The van der Waals surface area contributed by atoms with Crippen LogP contribution in [0.2, 0.25) is 0 Å². The minimum atomic E-state index is -2.25. The highest BCUT2D eigenvalue weighted by molar-refractivity contribution is 5.86. The number of hydrogen-bond acceptors (Lipinski definition) is 2. The molecule has 0 aromatic heterocycles. The Hall–Kier alpha value is -2.44. The summed E-state index contributed by atoms with van der Waals surface area (Å²) >= 11 is 0. The number of phenolic OH excluding ortho intramolecular Hbond substituents is 1. The fourth-order valence-corrected chi connectivity index (χ4v) is 1.93. The molecule has 0 aliphatic rings. The fraction of sp³-hybridized carbons (Fsp3) is 0.133. The van der Waals surface area contributed by atoms with Gasteiger partial charge in [-0.3, -0.25) is 0 Å². The molecule has 7 heteroatoms. The molecule has 2 rings (SSSR count).